The van der Waals surface area contributed by atoms with Crippen molar-refractivity contribution >= 4 is 23.7 Å². The molecule has 0 aromatic rings. The van der Waals surface area contributed by atoms with Crippen LogP contribution < -0.4 is 16.0 Å². The molecule has 10 N–H and O–H groups in total. The maximum absolute atomic E-state index is 12.6. The molecule has 6 unspecified atom stereocenters. The maximum atomic E-state index is 12.6. The number of esters is 1. The standard InChI is InChI=1S/C31H56N6O12.Fe/c1-20(11-16-38)18-27(41)37(48)15-7-10-26(32-22(3)39)31(45)49-17-12-21(2)19-28(42)36(47)14-6-9-25-30(44)33-24(29(43)34-25)8-5-13-35(46)23(4)40;/h18-19,23-28,38,40-42,46-48H,5-17H2,1-4H3,(H,32,39)(H,33,44)(H,34,43);. The van der Waals surface area contributed by atoms with Crippen LogP contribution in [0.5, 0.6) is 0 Å². The molecule has 0 spiro atoms. The third-order valence-electron chi connectivity index (χ3n) is 7.72. The van der Waals surface area contributed by atoms with E-state index < -0.39 is 48.7 Å². The number of carbonyl (C=O) groups excluding carboxylic acids is 4. The zero-order valence-electron chi connectivity index (χ0n) is 29.2. The third kappa shape index (κ3) is 19.2. The minimum absolute atomic E-state index is 0. The average molecular weight is 761 g/mol. The zero-order valence-corrected chi connectivity index (χ0v) is 30.3. The van der Waals surface area contributed by atoms with Gasteiger partial charge in [-0.25, -0.2) is 4.79 Å². The number of piperazine rings is 1. The topological polar surface area (TPSA) is 265 Å². The second-order valence-electron chi connectivity index (χ2n) is 12.2. The fourth-order valence-corrected chi connectivity index (χ4v) is 4.84. The van der Waals surface area contributed by atoms with Crippen molar-refractivity contribution in [1.29, 1.82) is 0 Å². The van der Waals surface area contributed by atoms with Gasteiger partial charge < -0.3 is 56.7 Å². The van der Waals surface area contributed by atoms with E-state index in [-0.39, 0.29) is 100 Å². The first kappa shape index (κ1) is 47.5. The van der Waals surface area contributed by atoms with Crippen LogP contribution in [0.2, 0.25) is 0 Å². The third-order valence-corrected chi connectivity index (χ3v) is 7.72. The van der Waals surface area contributed by atoms with Gasteiger partial charge in [-0.3, -0.25) is 14.4 Å². The Morgan fingerprint density at radius 1 is 0.820 bits per heavy atom. The summed E-state index contributed by atoms with van der Waals surface area (Å²) in [6.45, 7) is 5.93. The first-order chi connectivity index (χ1) is 23.0. The Morgan fingerprint density at radius 3 is 1.74 bits per heavy atom. The summed E-state index contributed by atoms with van der Waals surface area (Å²) in [5.74, 6) is -1.91. The van der Waals surface area contributed by atoms with Gasteiger partial charge in [-0.05, 0) is 77.9 Å². The summed E-state index contributed by atoms with van der Waals surface area (Å²) in [6.07, 6.45) is 1.01. The van der Waals surface area contributed by atoms with E-state index in [0.717, 1.165) is 5.06 Å². The van der Waals surface area contributed by atoms with Gasteiger partial charge in [0.05, 0.1) is 6.61 Å². The van der Waals surface area contributed by atoms with Gasteiger partial charge in [-0.15, -0.1) is 0 Å². The van der Waals surface area contributed by atoms with Gasteiger partial charge in [0.1, 0.15) is 36.8 Å². The fourth-order valence-electron chi connectivity index (χ4n) is 4.84. The Hall–Kier alpha value is -2.52. The summed E-state index contributed by atoms with van der Waals surface area (Å²) < 4.78 is 5.30. The monoisotopic (exact) mass is 760 g/mol. The molecule has 290 valence electrons. The average Bonchev–Trinajstić information content (AvgIpc) is 3.01. The smallest absolute Gasteiger partial charge is 0.328 e. The Labute approximate surface area is 303 Å². The quantitative estimate of drug-likeness (QED) is 0.0187. The Balaban J connectivity index is 0.0000240. The summed E-state index contributed by atoms with van der Waals surface area (Å²) in [6, 6.07) is -2.57. The molecule has 1 rings (SSSR count). The molecular formula is C31H56FeN6O12. The van der Waals surface area contributed by atoms with Gasteiger partial charge in [0, 0.05) is 56.7 Å². The molecule has 1 fully saturated rings. The number of nitrogens with zero attached hydrogens (tertiary/aromatic N) is 3. The molecule has 0 bridgehead atoms. The van der Waals surface area contributed by atoms with Gasteiger partial charge in [-0.2, -0.15) is 15.2 Å². The molecule has 0 radical (unpaired) electrons. The predicted molar refractivity (Wildman–Crippen MR) is 173 cm³/mol. The van der Waals surface area contributed by atoms with Crippen LogP contribution >= 0.6 is 0 Å². The normalized spacial score (nSPS) is 19.4. The van der Waals surface area contributed by atoms with Crippen molar-refractivity contribution in [2.45, 2.75) is 116 Å². The summed E-state index contributed by atoms with van der Waals surface area (Å²) >= 11 is 0. The van der Waals surface area contributed by atoms with E-state index in [1.54, 1.807) is 13.8 Å². The van der Waals surface area contributed by atoms with E-state index in [0.29, 0.717) is 34.1 Å². The van der Waals surface area contributed by atoms with Crippen LogP contribution in [0.15, 0.2) is 23.3 Å². The zero-order chi connectivity index (χ0) is 37.1. The van der Waals surface area contributed by atoms with E-state index in [1.807, 2.05) is 0 Å². The van der Waals surface area contributed by atoms with Crippen LogP contribution in [0.4, 0.5) is 0 Å². The van der Waals surface area contributed by atoms with Gasteiger partial charge in [0.2, 0.25) is 17.7 Å². The number of hydroxylamine groups is 6. The molecule has 18 nitrogen and oxygen atoms in total. The molecule has 3 amide bonds. The summed E-state index contributed by atoms with van der Waals surface area (Å²) in [7, 11) is 0. The van der Waals surface area contributed by atoms with Gasteiger partial charge in [-0.1, -0.05) is 11.1 Å². The number of hydrogen-bond donors (Lipinski definition) is 10. The van der Waals surface area contributed by atoms with Crippen molar-refractivity contribution < 1.29 is 77.0 Å². The number of amides is 3. The molecule has 1 aliphatic heterocycles. The molecule has 1 aliphatic rings. The predicted octanol–water partition coefficient (Wildman–Crippen LogP) is -0.931. The molecule has 0 saturated carbocycles. The molecule has 1 saturated heterocycles. The van der Waals surface area contributed by atoms with Crippen molar-refractivity contribution in [1.82, 2.24) is 31.1 Å². The van der Waals surface area contributed by atoms with Gasteiger partial charge in [0.15, 0.2) is 0 Å². The molecule has 19 heteroatoms. The van der Waals surface area contributed by atoms with Crippen LogP contribution in [-0.4, -0.2) is 145 Å². The van der Waals surface area contributed by atoms with Crippen LogP contribution in [0.25, 0.3) is 0 Å². The first-order valence-corrected chi connectivity index (χ1v) is 16.5. The second-order valence-corrected chi connectivity index (χ2v) is 12.2. The number of hydrogen-bond acceptors (Lipinski definition) is 15. The van der Waals surface area contributed by atoms with Gasteiger partial charge >= 0.3 is 5.97 Å². The number of rotatable bonds is 24. The summed E-state index contributed by atoms with van der Waals surface area (Å²) in [4.78, 5) is 49.1. The minimum atomic E-state index is -1.39. The molecule has 0 aliphatic carbocycles. The summed E-state index contributed by atoms with van der Waals surface area (Å²) in [5.41, 5.74) is 1.28. The molecule has 0 aromatic heterocycles. The van der Waals surface area contributed by atoms with Crippen LogP contribution in [-0.2, 0) is 41.0 Å². The van der Waals surface area contributed by atoms with Crippen LogP contribution in [0, 0.1) is 0 Å². The largest absolute Gasteiger partial charge is 0.464 e. The Kier molecular flexibility index (Phi) is 24.2. The van der Waals surface area contributed by atoms with E-state index in [1.165, 1.54) is 26.0 Å². The van der Waals surface area contributed by atoms with E-state index in [9.17, 15) is 50.1 Å². The number of carbonyl (C=O) groups is 4. The number of aliphatic hydroxyl groups excluding tert-OH is 4. The first-order valence-electron chi connectivity index (χ1n) is 16.5. The summed E-state index contributed by atoms with van der Waals surface area (Å²) in [5, 5.41) is 78.3. The van der Waals surface area contributed by atoms with Crippen molar-refractivity contribution in [3.05, 3.63) is 23.3 Å². The van der Waals surface area contributed by atoms with E-state index in [2.05, 4.69) is 16.0 Å². The minimum Gasteiger partial charge on any atom is -0.464 e. The number of nitrogens with one attached hydrogen (secondary N) is 3. The van der Waals surface area contributed by atoms with E-state index in [4.69, 9.17) is 9.84 Å². The van der Waals surface area contributed by atoms with Crippen LogP contribution in [0.3, 0.4) is 0 Å². The fraction of sp³-hybridized carbons (Fsp3) is 0.742. The van der Waals surface area contributed by atoms with Crippen molar-refractivity contribution in [2.24, 2.45) is 0 Å². The van der Waals surface area contributed by atoms with Gasteiger partial charge in [0.25, 0.3) is 0 Å². The number of aliphatic hydroxyl groups is 4. The second kappa shape index (κ2) is 25.4. The van der Waals surface area contributed by atoms with Crippen molar-refractivity contribution in [3.8, 4) is 0 Å². The Bertz CT molecular complexity index is 1110. The van der Waals surface area contributed by atoms with E-state index >= 15 is 0 Å². The molecule has 0 aromatic carbocycles. The SMILES string of the molecule is CC(=O)NC(CCCN(O)C(O)C=C(C)CCO)C(=O)OCCC(C)=CC(O)N(O)CCCC1NC(=O)C(CCCN(O)C(C)O)NC1=O.[Fe]. The van der Waals surface area contributed by atoms with Crippen LogP contribution in [0.1, 0.15) is 79.1 Å². The molecule has 50 heavy (non-hydrogen) atoms. The maximum Gasteiger partial charge on any atom is 0.328 e. The molecule has 6 atom stereocenters. The Morgan fingerprint density at radius 2 is 1.28 bits per heavy atom. The molecular weight excluding hydrogens is 704 g/mol. The molecule has 1 heterocycles. The van der Waals surface area contributed by atoms with Crippen molar-refractivity contribution in [2.75, 3.05) is 32.8 Å². The van der Waals surface area contributed by atoms with Crippen molar-refractivity contribution in [3.63, 3.8) is 0 Å². The number of ether oxygens (including phenoxy) is 1.